The van der Waals surface area contributed by atoms with Gasteiger partial charge in [0.2, 0.25) is 0 Å². The average molecular weight is 481 g/mol. The third kappa shape index (κ3) is 4.09. The Morgan fingerprint density at radius 2 is 1.79 bits per heavy atom. The van der Waals surface area contributed by atoms with E-state index in [1.165, 1.54) is 6.42 Å². The van der Waals surface area contributed by atoms with E-state index in [-0.39, 0.29) is 17.1 Å². The molecule has 1 aliphatic heterocycles. The molecule has 1 aromatic heterocycles. The van der Waals surface area contributed by atoms with Crippen LogP contribution in [-0.2, 0) is 20.3 Å². The van der Waals surface area contributed by atoms with Gasteiger partial charge in [-0.05, 0) is 62.6 Å². The highest BCUT2D eigenvalue weighted by molar-refractivity contribution is 7.91. The fraction of sp³-hybridized carbons (Fsp3) is 0.481. The van der Waals surface area contributed by atoms with Crippen LogP contribution in [0.2, 0.25) is 0 Å². The second kappa shape index (κ2) is 8.61. The minimum atomic E-state index is -3.03. The van der Waals surface area contributed by atoms with Crippen LogP contribution in [0.25, 0.3) is 22.2 Å². The normalized spacial score (nSPS) is 21.1. The third-order valence-electron chi connectivity index (χ3n) is 7.54. The first-order chi connectivity index (χ1) is 16.5. The molecule has 3 aliphatic rings. The van der Waals surface area contributed by atoms with Crippen molar-refractivity contribution in [2.75, 3.05) is 18.9 Å². The van der Waals surface area contributed by atoms with E-state index in [1.807, 2.05) is 30.3 Å². The molecule has 6 rings (SSSR count). The largest absolute Gasteiger partial charge is 0.491 e. The first-order valence-electron chi connectivity index (χ1n) is 12.5. The van der Waals surface area contributed by atoms with E-state index in [0.717, 1.165) is 84.3 Å². The van der Waals surface area contributed by atoms with Gasteiger partial charge in [0.25, 0.3) is 0 Å². The van der Waals surface area contributed by atoms with Crippen molar-refractivity contribution in [3.05, 3.63) is 48.0 Å². The van der Waals surface area contributed by atoms with E-state index >= 15 is 0 Å². The number of benzene rings is 2. The molecule has 34 heavy (non-hydrogen) atoms. The van der Waals surface area contributed by atoms with Crippen molar-refractivity contribution in [2.45, 2.75) is 68.1 Å². The van der Waals surface area contributed by atoms with Crippen LogP contribution >= 0.6 is 0 Å². The van der Waals surface area contributed by atoms with Crippen molar-refractivity contribution < 1.29 is 17.9 Å². The summed E-state index contributed by atoms with van der Waals surface area (Å²) < 4.78 is 39.0. The van der Waals surface area contributed by atoms with Crippen molar-refractivity contribution in [1.29, 1.82) is 0 Å². The highest BCUT2D eigenvalue weighted by Gasteiger charge is 2.35. The van der Waals surface area contributed by atoms with Gasteiger partial charge >= 0.3 is 0 Å². The van der Waals surface area contributed by atoms with E-state index in [1.54, 1.807) is 0 Å². The van der Waals surface area contributed by atoms with E-state index in [9.17, 15) is 8.42 Å². The maximum absolute atomic E-state index is 12.4. The Bertz CT molecular complexity index is 1300. The zero-order valence-corrected chi connectivity index (χ0v) is 20.2. The van der Waals surface area contributed by atoms with Crippen LogP contribution in [0, 0.1) is 0 Å². The SMILES string of the molecule is Nc1c(-c2ccc(CS(=O)(=O)C3CC3)cc2)n(C2CCC2)c2cc(OCC3CCCO3)ccc12. The Labute approximate surface area is 201 Å². The Balaban J connectivity index is 1.33. The van der Waals surface area contributed by atoms with Gasteiger partial charge in [-0.1, -0.05) is 24.3 Å². The molecular formula is C27H32N2O4S. The van der Waals surface area contributed by atoms with Gasteiger partial charge in [0.15, 0.2) is 9.84 Å². The number of hydrogen-bond donors (Lipinski definition) is 1. The van der Waals surface area contributed by atoms with Gasteiger partial charge in [-0.25, -0.2) is 8.42 Å². The van der Waals surface area contributed by atoms with E-state index in [0.29, 0.717) is 12.6 Å². The lowest BCUT2D eigenvalue weighted by atomic mass is 9.92. The van der Waals surface area contributed by atoms with Crippen LogP contribution in [0.4, 0.5) is 5.69 Å². The molecule has 180 valence electrons. The number of sulfone groups is 1. The number of nitrogen functional groups attached to an aromatic ring is 1. The molecule has 3 aromatic rings. The summed E-state index contributed by atoms with van der Waals surface area (Å²) in [6.45, 7) is 1.39. The third-order valence-corrected chi connectivity index (χ3v) is 9.76. The van der Waals surface area contributed by atoms with Crippen LogP contribution in [0.1, 0.15) is 56.6 Å². The van der Waals surface area contributed by atoms with Gasteiger partial charge in [-0.15, -0.1) is 0 Å². The maximum atomic E-state index is 12.4. The van der Waals surface area contributed by atoms with Gasteiger partial charge in [-0.3, -0.25) is 0 Å². The number of rotatable bonds is 8. The van der Waals surface area contributed by atoms with E-state index < -0.39 is 9.84 Å². The molecule has 2 aliphatic carbocycles. The number of aromatic nitrogens is 1. The van der Waals surface area contributed by atoms with Crippen molar-refractivity contribution in [2.24, 2.45) is 0 Å². The number of ether oxygens (including phenoxy) is 2. The van der Waals surface area contributed by atoms with Gasteiger partial charge < -0.3 is 19.8 Å². The number of fused-ring (bicyclic) bond motifs is 1. The zero-order valence-electron chi connectivity index (χ0n) is 19.4. The van der Waals surface area contributed by atoms with Crippen LogP contribution in [0.5, 0.6) is 5.75 Å². The van der Waals surface area contributed by atoms with Crippen LogP contribution in [0.15, 0.2) is 42.5 Å². The van der Waals surface area contributed by atoms with Gasteiger partial charge in [-0.2, -0.15) is 0 Å². The Kier molecular flexibility index (Phi) is 5.57. The van der Waals surface area contributed by atoms with Gasteiger partial charge in [0.05, 0.1) is 34.0 Å². The molecule has 0 spiro atoms. The average Bonchev–Trinajstić information content (AvgIpc) is 3.47. The summed E-state index contributed by atoms with van der Waals surface area (Å²) in [5.74, 6) is 0.957. The molecule has 2 aromatic carbocycles. The molecule has 3 fully saturated rings. The summed E-state index contributed by atoms with van der Waals surface area (Å²) in [7, 11) is -3.03. The molecule has 6 nitrogen and oxygen atoms in total. The van der Waals surface area contributed by atoms with E-state index in [4.69, 9.17) is 15.2 Å². The minimum Gasteiger partial charge on any atom is -0.491 e. The van der Waals surface area contributed by atoms with Crippen LogP contribution < -0.4 is 10.5 Å². The number of hydrogen-bond acceptors (Lipinski definition) is 5. The molecule has 1 saturated heterocycles. The monoisotopic (exact) mass is 480 g/mol. The van der Waals surface area contributed by atoms with Crippen molar-refractivity contribution in [3.63, 3.8) is 0 Å². The zero-order chi connectivity index (χ0) is 23.3. The van der Waals surface area contributed by atoms with Crippen LogP contribution in [-0.4, -0.2) is 37.6 Å². The summed E-state index contributed by atoms with van der Waals surface area (Å²) in [6.07, 6.45) is 7.42. The number of anilines is 1. The summed E-state index contributed by atoms with van der Waals surface area (Å²) >= 11 is 0. The summed E-state index contributed by atoms with van der Waals surface area (Å²) in [6, 6.07) is 14.5. The van der Waals surface area contributed by atoms with Crippen molar-refractivity contribution in [3.8, 4) is 17.0 Å². The fourth-order valence-corrected chi connectivity index (χ4v) is 6.97. The van der Waals surface area contributed by atoms with Crippen LogP contribution in [0.3, 0.4) is 0 Å². The molecule has 2 saturated carbocycles. The fourth-order valence-electron chi connectivity index (χ4n) is 5.23. The first-order valence-corrected chi connectivity index (χ1v) is 14.2. The summed E-state index contributed by atoms with van der Waals surface area (Å²) in [5.41, 5.74) is 11.5. The first kappa shape index (κ1) is 22.0. The van der Waals surface area contributed by atoms with Crippen molar-refractivity contribution >= 4 is 26.4 Å². The Morgan fingerprint density at radius 1 is 1.00 bits per heavy atom. The molecule has 1 unspecified atom stereocenters. The van der Waals surface area contributed by atoms with Crippen molar-refractivity contribution in [1.82, 2.24) is 4.57 Å². The standard InChI is InChI=1S/C27H32N2O4S/c28-26-24-13-10-21(33-16-22-5-2-14-32-22)15-25(24)29(20-3-1-4-20)27(26)19-8-6-18(7-9-19)17-34(30,31)23-11-12-23/h6-10,13,15,20,22-23H,1-5,11-12,14,16-17,28H2. The molecule has 0 radical (unpaired) electrons. The van der Waals surface area contributed by atoms with Gasteiger partial charge in [0.1, 0.15) is 12.4 Å². The number of nitrogens with zero attached hydrogens (tertiary/aromatic N) is 1. The minimum absolute atomic E-state index is 0.116. The predicted octanol–water partition coefficient (Wildman–Crippen LogP) is 5.25. The maximum Gasteiger partial charge on any atom is 0.157 e. The Morgan fingerprint density at radius 3 is 2.44 bits per heavy atom. The van der Waals surface area contributed by atoms with E-state index in [2.05, 4.69) is 16.7 Å². The van der Waals surface area contributed by atoms with Gasteiger partial charge in [0, 0.05) is 29.7 Å². The molecule has 7 heteroatoms. The second-order valence-electron chi connectivity index (χ2n) is 10.0. The topological polar surface area (TPSA) is 83.6 Å². The molecular weight excluding hydrogens is 448 g/mol. The number of nitrogens with two attached hydrogens (primary N) is 1. The molecule has 0 bridgehead atoms. The highest BCUT2D eigenvalue weighted by Crippen LogP contribution is 2.45. The Hall–Kier alpha value is -2.51. The molecule has 0 amide bonds. The molecule has 2 N–H and O–H groups in total. The lowest BCUT2D eigenvalue weighted by Crippen LogP contribution is -2.18. The lowest BCUT2D eigenvalue weighted by molar-refractivity contribution is 0.0680. The summed E-state index contributed by atoms with van der Waals surface area (Å²) in [4.78, 5) is 0. The summed E-state index contributed by atoms with van der Waals surface area (Å²) in [5, 5.41) is 0.896. The molecule has 2 heterocycles. The molecule has 1 atom stereocenters. The smallest absolute Gasteiger partial charge is 0.157 e. The lowest BCUT2D eigenvalue weighted by Gasteiger charge is -2.30. The predicted molar refractivity (Wildman–Crippen MR) is 135 cm³/mol. The second-order valence-corrected chi connectivity index (χ2v) is 12.3. The highest BCUT2D eigenvalue weighted by atomic mass is 32.2. The quantitative estimate of drug-likeness (QED) is 0.476.